The van der Waals surface area contributed by atoms with Gasteiger partial charge in [-0.1, -0.05) is 36.4 Å². The first-order valence-corrected chi connectivity index (χ1v) is 7.55. The number of hydrogen-bond acceptors (Lipinski definition) is 4. The van der Waals surface area contributed by atoms with E-state index in [0.717, 1.165) is 10.8 Å². The summed E-state index contributed by atoms with van der Waals surface area (Å²) in [4.78, 5) is 50.2. The van der Waals surface area contributed by atoms with Crippen molar-refractivity contribution < 1.29 is 9.59 Å². The van der Waals surface area contributed by atoms with Crippen LogP contribution in [0.5, 0.6) is 0 Å². The molecule has 0 saturated heterocycles. The maximum Gasteiger partial charge on any atom is 0.345 e. The van der Waals surface area contributed by atoms with Gasteiger partial charge in [-0.15, -0.1) is 0 Å². The molecule has 0 aliphatic carbocycles. The standard InChI is InChI=1S/C19H14N2O4/c1-13-12-20(17(23)14-8-4-2-5-9-14)19(25)21(16(13)22)18(24)15-10-6-3-7-11-15/h2-12H,1H3. The summed E-state index contributed by atoms with van der Waals surface area (Å²) in [7, 11) is 0. The average Bonchev–Trinajstić information content (AvgIpc) is 2.65. The molecule has 124 valence electrons. The van der Waals surface area contributed by atoms with Crippen LogP contribution >= 0.6 is 0 Å². The molecule has 0 aliphatic rings. The molecule has 0 saturated carbocycles. The fourth-order valence-corrected chi connectivity index (χ4v) is 2.43. The fourth-order valence-electron chi connectivity index (χ4n) is 2.43. The molecular formula is C19H14N2O4. The van der Waals surface area contributed by atoms with Crippen LogP contribution < -0.4 is 11.2 Å². The third-order valence-electron chi connectivity index (χ3n) is 3.72. The molecule has 0 unspecified atom stereocenters. The summed E-state index contributed by atoms with van der Waals surface area (Å²) in [5, 5.41) is 0. The van der Waals surface area contributed by atoms with Crippen molar-refractivity contribution in [1.29, 1.82) is 0 Å². The van der Waals surface area contributed by atoms with Crippen molar-refractivity contribution in [2.75, 3.05) is 0 Å². The van der Waals surface area contributed by atoms with Crippen molar-refractivity contribution in [3.8, 4) is 0 Å². The lowest BCUT2D eigenvalue weighted by Crippen LogP contribution is -2.46. The molecule has 3 rings (SSSR count). The minimum Gasteiger partial charge on any atom is -0.268 e. The molecule has 0 bridgehead atoms. The van der Waals surface area contributed by atoms with Crippen LogP contribution in [0.2, 0.25) is 0 Å². The zero-order valence-corrected chi connectivity index (χ0v) is 13.4. The monoisotopic (exact) mass is 334 g/mol. The Bertz CT molecular complexity index is 1060. The van der Waals surface area contributed by atoms with Crippen LogP contribution in [0, 0.1) is 6.92 Å². The highest BCUT2D eigenvalue weighted by Gasteiger charge is 2.20. The Balaban J connectivity index is 2.20. The minimum absolute atomic E-state index is 0.119. The van der Waals surface area contributed by atoms with Crippen molar-refractivity contribution in [3.05, 3.63) is 104 Å². The Hall–Kier alpha value is -3.54. The van der Waals surface area contributed by atoms with E-state index >= 15 is 0 Å². The van der Waals surface area contributed by atoms with Crippen LogP contribution in [-0.2, 0) is 0 Å². The normalized spacial score (nSPS) is 10.4. The van der Waals surface area contributed by atoms with Gasteiger partial charge in [0.05, 0.1) is 0 Å². The molecule has 25 heavy (non-hydrogen) atoms. The van der Waals surface area contributed by atoms with Crippen LogP contribution in [0.4, 0.5) is 0 Å². The summed E-state index contributed by atoms with van der Waals surface area (Å²) in [6, 6.07) is 16.1. The summed E-state index contributed by atoms with van der Waals surface area (Å²) in [5.41, 5.74) is -1.14. The molecule has 3 aromatic rings. The molecular weight excluding hydrogens is 320 g/mol. The predicted octanol–water partition coefficient (Wildman–Crippen LogP) is 1.70. The number of rotatable bonds is 2. The highest BCUT2D eigenvalue weighted by atomic mass is 16.2. The van der Waals surface area contributed by atoms with Gasteiger partial charge in [0.1, 0.15) is 0 Å². The summed E-state index contributed by atoms with van der Waals surface area (Å²) in [6.07, 6.45) is 1.16. The number of nitrogens with zero attached hydrogens (tertiary/aromatic N) is 2. The fraction of sp³-hybridized carbons (Fsp3) is 0.0526. The number of carbonyl (C=O) groups is 2. The smallest absolute Gasteiger partial charge is 0.268 e. The average molecular weight is 334 g/mol. The summed E-state index contributed by atoms with van der Waals surface area (Å²) in [5.74, 6) is -1.38. The topological polar surface area (TPSA) is 78.1 Å². The summed E-state index contributed by atoms with van der Waals surface area (Å²) < 4.78 is 1.28. The zero-order chi connectivity index (χ0) is 18.0. The second kappa shape index (κ2) is 6.52. The summed E-state index contributed by atoms with van der Waals surface area (Å²) in [6.45, 7) is 1.45. The number of aromatic nitrogens is 2. The summed E-state index contributed by atoms with van der Waals surface area (Å²) >= 11 is 0. The Labute approximate surface area is 142 Å². The molecule has 0 amide bonds. The van der Waals surface area contributed by atoms with Crippen LogP contribution in [0.3, 0.4) is 0 Å². The third kappa shape index (κ3) is 2.97. The Morgan fingerprint density at radius 2 is 1.24 bits per heavy atom. The van der Waals surface area contributed by atoms with E-state index in [1.807, 2.05) is 0 Å². The van der Waals surface area contributed by atoms with Gasteiger partial charge in [0, 0.05) is 22.9 Å². The first kappa shape index (κ1) is 16.3. The van der Waals surface area contributed by atoms with E-state index < -0.39 is 23.1 Å². The molecule has 6 heteroatoms. The molecule has 0 radical (unpaired) electrons. The Morgan fingerprint density at radius 3 is 1.76 bits per heavy atom. The van der Waals surface area contributed by atoms with E-state index in [0.29, 0.717) is 4.57 Å². The van der Waals surface area contributed by atoms with Crippen molar-refractivity contribution in [2.45, 2.75) is 6.92 Å². The first-order chi connectivity index (χ1) is 12.0. The van der Waals surface area contributed by atoms with Crippen molar-refractivity contribution in [1.82, 2.24) is 9.13 Å². The van der Waals surface area contributed by atoms with Crippen molar-refractivity contribution in [3.63, 3.8) is 0 Å². The van der Waals surface area contributed by atoms with Gasteiger partial charge >= 0.3 is 5.69 Å². The lowest BCUT2D eigenvalue weighted by atomic mass is 10.2. The molecule has 0 fully saturated rings. The maximum absolute atomic E-state index is 12.7. The van der Waals surface area contributed by atoms with Crippen molar-refractivity contribution in [2.24, 2.45) is 0 Å². The zero-order valence-electron chi connectivity index (χ0n) is 13.4. The van der Waals surface area contributed by atoms with E-state index in [1.54, 1.807) is 48.5 Å². The van der Waals surface area contributed by atoms with E-state index in [4.69, 9.17) is 0 Å². The molecule has 0 atom stereocenters. The number of aryl methyl sites for hydroxylation is 1. The van der Waals surface area contributed by atoms with Gasteiger partial charge in [-0.2, -0.15) is 4.57 Å². The van der Waals surface area contributed by atoms with E-state index in [2.05, 4.69) is 0 Å². The van der Waals surface area contributed by atoms with Gasteiger partial charge in [-0.05, 0) is 31.2 Å². The van der Waals surface area contributed by atoms with Crippen LogP contribution in [-0.4, -0.2) is 20.9 Å². The van der Waals surface area contributed by atoms with Gasteiger partial charge in [0.15, 0.2) is 0 Å². The molecule has 2 aromatic carbocycles. The van der Waals surface area contributed by atoms with Crippen LogP contribution in [0.1, 0.15) is 26.3 Å². The molecule has 1 aromatic heterocycles. The van der Waals surface area contributed by atoms with Gasteiger partial charge in [0.25, 0.3) is 17.4 Å². The predicted molar refractivity (Wildman–Crippen MR) is 92.0 cm³/mol. The lowest BCUT2D eigenvalue weighted by molar-refractivity contribution is 0.0930. The molecule has 6 nitrogen and oxygen atoms in total. The number of carbonyl (C=O) groups excluding carboxylic acids is 2. The van der Waals surface area contributed by atoms with Crippen LogP contribution in [0.25, 0.3) is 0 Å². The lowest BCUT2D eigenvalue weighted by Gasteiger charge is -2.10. The second-order valence-electron chi connectivity index (χ2n) is 5.45. The molecule has 0 spiro atoms. The van der Waals surface area contributed by atoms with Gasteiger partial charge in [-0.3, -0.25) is 14.4 Å². The van der Waals surface area contributed by atoms with Gasteiger partial charge in [-0.25, -0.2) is 9.36 Å². The Morgan fingerprint density at radius 1 is 0.760 bits per heavy atom. The van der Waals surface area contributed by atoms with Gasteiger partial charge < -0.3 is 0 Å². The van der Waals surface area contributed by atoms with Gasteiger partial charge in [0.2, 0.25) is 0 Å². The maximum atomic E-state index is 12.7. The van der Waals surface area contributed by atoms with E-state index in [9.17, 15) is 19.2 Å². The van der Waals surface area contributed by atoms with Crippen LogP contribution in [0.15, 0.2) is 76.4 Å². The molecule has 1 heterocycles. The largest absolute Gasteiger partial charge is 0.345 e. The third-order valence-corrected chi connectivity index (χ3v) is 3.72. The Kier molecular flexibility index (Phi) is 4.26. The number of benzene rings is 2. The SMILES string of the molecule is Cc1cn(C(=O)c2ccccc2)c(=O)n(C(=O)c2ccccc2)c1=O. The molecule has 0 N–H and O–H groups in total. The van der Waals surface area contributed by atoms with E-state index in [-0.39, 0.29) is 16.7 Å². The minimum atomic E-state index is -0.988. The first-order valence-electron chi connectivity index (χ1n) is 7.55. The highest BCUT2D eigenvalue weighted by molar-refractivity contribution is 5.98. The van der Waals surface area contributed by atoms with E-state index in [1.165, 1.54) is 19.1 Å². The second-order valence-corrected chi connectivity index (χ2v) is 5.45. The van der Waals surface area contributed by atoms with Crippen molar-refractivity contribution >= 4 is 11.8 Å². The number of hydrogen-bond donors (Lipinski definition) is 0. The highest BCUT2D eigenvalue weighted by Crippen LogP contribution is 2.03. The quantitative estimate of drug-likeness (QED) is 0.714. The molecule has 0 aliphatic heterocycles.